The number of fused-ring (bicyclic) bond motifs is 1. The predicted molar refractivity (Wildman–Crippen MR) is 47.4 cm³/mol. The summed E-state index contributed by atoms with van der Waals surface area (Å²) < 4.78 is 0. The van der Waals surface area contributed by atoms with Crippen molar-refractivity contribution in [2.45, 2.75) is 6.42 Å². The first kappa shape index (κ1) is 7.79. The Morgan fingerprint density at radius 3 is 3.15 bits per heavy atom. The fourth-order valence-corrected chi connectivity index (χ4v) is 1.32. The van der Waals surface area contributed by atoms with Crippen LogP contribution in [0, 0.1) is 0 Å². The maximum absolute atomic E-state index is 10.5. The number of aromatic nitrogens is 2. The van der Waals surface area contributed by atoms with Crippen LogP contribution in [0.5, 0.6) is 0 Å². The summed E-state index contributed by atoms with van der Waals surface area (Å²) in [6.45, 7) is 0. The monoisotopic (exact) mass is 176 g/mol. The Kier molecular flexibility index (Phi) is 1.73. The van der Waals surface area contributed by atoms with Crippen molar-refractivity contribution in [3.05, 3.63) is 30.2 Å². The first-order valence-electron chi connectivity index (χ1n) is 3.90. The van der Waals surface area contributed by atoms with Gasteiger partial charge >= 0.3 is 5.97 Å². The number of carboxylic acid groups (broad SMARTS) is 1. The van der Waals surface area contributed by atoms with E-state index >= 15 is 0 Å². The minimum Gasteiger partial charge on any atom is -0.481 e. The number of hydrogen-bond acceptors (Lipinski definition) is 2. The molecule has 0 aliphatic carbocycles. The molecule has 2 rings (SSSR count). The Hall–Kier alpha value is -1.84. The lowest BCUT2D eigenvalue weighted by molar-refractivity contribution is -0.136. The van der Waals surface area contributed by atoms with Gasteiger partial charge in [0.05, 0.1) is 17.6 Å². The Balaban J connectivity index is 2.54. The van der Waals surface area contributed by atoms with Gasteiger partial charge in [-0.1, -0.05) is 0 Å². The van der Waals surface area contributed by atoms with Crippen LogP contribution in [0.25, 0.3) is 10.9 Å². The molecule has 66 valence electrons. The van der Waals surface area contributed by atoms with Crippen molar-refractivity contribution in [1.82, 2.24) is 9.97 Å². The summed E-state index contributed by atoms with van der Waals surface area (Å²) >= 11 is 0. The molecular formula is C9H8N2O2. The van der Waals surface area contributed by atoms with E-state index in [4.69, 9.17) is 5.11 Å². The van der Waals surface area contributed by atoms with E-state index in [0.29, 0.717) is 5.69 Å². The number of hydrogen-bond donors (Lipinski definition) is 2. The second-order valence-electron chi connectivity index (χ2n) is 2.77. The van der Waals surface area contributed by atoms with Gasteiger partial charge in [0.15, 0.2) is 0 Å². The van der Waals surface area contributed by atoms with Crippen LogP contribution >= 0.6 is 0 Å². The Bertz CT molecular complexity index is 448. The number of H-pyrrole nitrogens is 1. The molecule has 2 aromatic rings. The van der Waals surface area contributed by atoms with Gasteiger partial charge in [-0.05, 0) is 12.1 Å². The van der Waals surface area contributed by atoms with Gasteiger partial charge < -0.3 is 10.1 Å². The molecular weight excluding hydrogens is 168 g/mol. The zero-order valence-corrected chi connectivity index (χ0v) is 6.82. The number of aromatic amines is 1. The highest BCUT2D eigenvalue weighted by Crippen LogP contribution is 2.14. The average molecular weight is 176 g/mol. The highest BCUT2D eigenvalue weighted by atomic mass is 16.4. The van der Waals surface area contributed by atoms with Crippen molar-refractivity contribution < 1.29 is 9.90 Å². The van der Waals surface area contributed by atoms with E-state index in [0.717, 1.165) is 10.9 Å². The number of nitrogens with zero attached hydrogens (tertiary/aromatic N) is 1. The van der Waals surface area contributed by atoms with E-state index in [1.165, 1.54) is 0 Å². The van der Waals surface area contributed by atoms with Gasteiger partial charge in [-0.15, -0.1) is 0 Å². The maximum atomic E-state index is 10.5. The second kappa shape index (κ2) is 2.90. The fraction of sp³-hybridized carbons (Fsp3) is 0.111. The van der Waals surface area contributed by atoms with Crippen LogP contribution in [-0.2, 0) is 11.2 Å². The molecule has 0 saturated carbocycles. The number of pyridine rings is 1. The fourth-order valence-electron chi connectivity index (χ4n) is 1.32. The minimum absolute atomic E-state index is 0.0438. The Morgan fingerprint density at radius 1 is 1.54 bits per heavy atom. The summed E-state index contributed by atoms with van der Waals surface area (Å²) in [5.74, 6) is -0.866. The molecule has 0 aliphatic heterocycles. The topological polar surface area (TPSA) is 66.0 Å². The summed E-state index contributed by atoms with van der Waals surface area (Å²) in [6.07, 6.45) is 3.35. The molecule has 0 bridgehead atoms. The molecule has 4 heteroatoms. The summed E-state index contributed by atoms with van der Waals surface area (Å²) in [4.78, 5) is 17.5. The van der Waals surface area contributed by atoms with Gasteiger partial charge in [0.25, 0.3) is 0 Å². The highest BCUT2D eigenvalue weighted by Gasteiger charge is 2.06. The smallest absolute Gasteiger partial charge is 0.309 e. The zero-order valence-electron chi connectivity index (χ0n) is 6.82. The van der Waals surface area contributed by atoms with Crippen LogP contribution in [0.2, 0.25) is 0 Å². The number of carbonyl (C=O) groups is 1. The molecule has 2 N–H and O–H groups in total. The lowest BCUT2D eigenvalue weighted by atomic mass is 10.2. The summed E-state index contributed by atoms with van der Waals surface area (Å²) in [6, 6.07) is 3.74. The third-order valence-electron chi connectivity index (χ3n) is 1.87. The van der Waals surface area contributed by atoms with Gasteiger partial charge in [0.1, 0.15) is 0 Å². The maximum Gasteiger partial charge on any atom is 0.309 e. The van der Waals surface area contributed by atoms with Gasteiger partial charge in [0.2, 0.25) is 0 Å². The molecule has 0 atom stereocenters. The van der Waals surface area contributed by atoms with E-state index in [1.54, 1.807) is 12.4 Å². The summed E-state index contributed by atoms with van der Waals surface area (Å²) in [7, 11) is 0. The quantitative estimate of drug-likeness (QED) is 0.722. The van der Waals surface area contributed by atoms with Crippen molar-refractivity contribution in [1.29, 1.82) is 0 Å². The molecule has 0 unspecified atom stereocenters. The summed E-state index contributed by atoms with van der Waals surface area (Å²) in [5.41, 5.74) is 1.39. The molecule has 0 radical (unpaired) electrons. The largest absolute Gasteiger partial charge is 0.481 e. The Labute approximate surface area is 74.2 Å². The lowest BCUT2D eigenvalue weighted by Gasteiger charge is -1.97. The number of rotatable bonds is 2. The van der Waals surface area contributed by atoms with Crippen molar-refractivity contribution in [2.75, 3.05) is 0 Å². The van der Waals surface area contributed by atoms with E-state index in [2.05, 4.69) is 9.97 Å². The predicted octanol–water partition coefficient (Wildman–Crippen LogP) is 1.19. The van der Waals surface area contributed by atoms with Crippen molar-refractivity contribution in [3.8, 4) is 0 Å². The van der Waals surface area contributed by atoms with Gasteiger partial charge in [0, 0.05) is 17.8 Å². The summed E-state index contributed by atoms with van der Waals surface area (Å²) in [5, 5.41) is 9.60. The number of carboxylic acids is 1. The molecule has 4 nitrogen and oxygen atoms in total. The number of aliphatic carboxylic acids is 1. The van der Waals surface area contributed by atoms with Crippen molar-refractivity contribution in [3.63, 3.8) is 0 Å². The van der Waals surface area contributed by atoms with Gasteiger partial charge in [-0.2, -0.15) is 0 Å². The van der Waals surface area contributed by atoms with E-state index in [-0.39, 0.29) is 6.42 Å². The minimum atomic E-state index is -0.866. The average Bonchev–Trinajstić information content (AvgIpc) is 2.51. The van der Waals surface area contributed by atoms with Crippen molar-refractivity contribution >= 4 is 16.9 Å². The van der Waals surface area contributed by atoms with Crippen LogP contribution in [0.1, 0.15) is 5.69 Å². The molecule has 2 heterocycles. The Morgan fingerprint density at radius 2 is 2.38 bits per heavy atom. The molecule has 2 aromatic heterocycles. The second-order valence-corrected chi connectivity index (χ2v) is 2.77. The van der Waals surface area contributed by atoms with Gasteiger partial charge in [-0.3, -0.25) is 9.78 Å². The van der Waals surface area contributed by atoms with Gasteiger partial charge in [-0.25, -0.2) is 0 Å². The third kappa shape index (κ3) is 1.38. The molecule has 0 aliphatic rings. The molecule has 0 spiro atoms. The van der Waals surface area contributed by atoms with Crippen LogP contribution in [-0.4, -0.2) is 21.0 Å². The molecule has 0 saturated heterocycles. The molecule has 13 heavy (non-hydrogen) atoms. The van der Waals surface area contributed by atoms with Crippen LogP contribution in [0.3, 0.4) is 0 Å². The van der Waals surface area contributed by atoms with Crippen LogP contribution in [0.4, 0.5) is 0 Å². The van der Waals surface area contributed by atoms with Crippen LogP contribution < -0.4 is 0 Å². The standard InChI is InChI=1S/C9H8N2O2/c12-8(13)5-7-9-6(1-3-10-7)2-4-11-9/h1-4,11H,5H2,(H,12,13). The molecule has 0 fully saturated rings. The van der Waals surface area contributed by atoms with E-state index in [9.17, 15) is 4.79 Å². The van der Waals surface area contributed by atoms with E-state index in [1.807, 2.05) is 12.1 Å². The normalized spacial score (nSPS) is 10.5. The highest BCUT2D eigenvalue weighted by molar-refractivity contribution is 5.84. The van der Waals surface area contributed by atoms with Crippen LogP contribution in [0.15, 0.2) is 24.5 Å². The molecule has 0 amide bonds. The lowest BCUT2D eigenvalue weighted by Crippen LogP contribution is -2.02. The zero-order chi connectivity index (χ0) is 9.26. The first-order valence-corrected chi connectivity index (χ1v) is 3.90. The van der Waals surface area contributed by atoms with E-state index < -0.39 is 5.97 Å². The third-order valence-corrected chi connectivity index (χ3v) is 1.87. The SMILES string of the molecule is O=C(O)Cc1nccc2cc[nH]c12. The van der Waals surface area contributed by atoms with Crippen molar-refractivity contribution in [2.24, 2.45) is 0 Å². The molecule has 0 aromatic carbocycles. The number of nitrogens with one attached hydrogen (secondary N) is 1. The first-order chi connectivity index (χ1) is 6.27.